The van der Waals surface area contributed by atoms with Crippen molar-refractivity contribution in [3.63, 3.8) is 0 Å². The molecule has 0 aliphatic heterocycles. The van der Waals surface area contributed by atoms with Crippen LogP contribution < -0.4 is 0 Å². The van der Waals surface area contributed by atoms with Crippen LogP contribution >= 0.6 is 0 Å². The van der Waals surface area contributed by atoms with Gasteiger partial charge in [0.25, 0.3) is 0 Å². The fraction of sp³-hybridized carbons (Fsp3) is 0.533. The average molecular weight is 252 g/mol. The van der Waals surface area contributed by atoms with Gasteiger partial charge in [-0.25, -0.2) is 8.78 Å². The van der Waals surface area contributed by atoms with Gasteiger partial charge in [0, 0.05) is 12.3 Å². The van der Waals surface area contributed by atoms with Crippen LogP contribution in [0.5, 0.6) is 0 Å². The second-order valence-corrected chi connectivity index (χ2v) is 5.34. The Hall–Kier alpha value is -1.25. The van der Waals surface area contributed by atoms with Gasteiger partial charge in [-0.2, -0.15) is 0 Å². The summed E-state index contributed by atoms with van der Waals surface area (Å²) in [4.78, 5) is 12.0. The Kier molecular flexibility index (Phi) is 4.10. The van der Waals surface area contributed by atoms with Crippen LogP contribution in [0.1, 0.15) is 38.2 Å². The number of carbonyl (C=O) groups is 1. The van der Waals surface area contributed by atoms with E-state index in [1.165, 1.54) is 0 Å². The molecule has 1 fully saturated rings. The van der Waals surface area contributed by atoms with Crippen molar-refractivity contribution < 1.29 is 13.6 Å². The Morgan fingerprint density at radius 2 is 1.89 bits per heavy atom. The number of hydrogen-bond donors (Lipinski definition) is 0. The Labute approximate surface area is 106 Å². The lowest BCUT2D eigenvalue weighted by atomic mass is 9.79. The number of carbonyl (C=O) groups excluding carboxylic acids is 1. The summed E-state index contributed by atoms with van der Waals surface area (Å²) in [5, 5.41) is 0. The molecule has 0 heterocycles. The smallest absolute Gasteiger partial charge is 0.140 e. The summed E-state index contributed by atoms with van der Waals surface area (Å²) in [6.07, 6.45) is 3.90. The molecule has 18 heavy (non-hydrogen) atoms. The van der Waals surface area contributed by atoms with E-state index in [2.05, 4.69) is 6.92 Å². The zero-order valence-corrected chi connectivity index (χ0v) is 10.6. The molecular formula is C15H18F2O. The highest BCUT2D eigenvalue weighted by Crippen LogP contribution is 2.29. The van der Waals surface area contributed by atoms with E-state index in [-0.39, 0.29) is 23.7 Å². The molecule has 0 saturated heterocycles. The fourth-order valence-electron chi connectivity index (χ4n) is 2.59. The predicted molar refractivity (Wildman–Crippen MR) is 66.2 cm³/mol. The van der Waals surface area contributed by atoms with Crippen molar-refractivity contribution in [2.24, 2.45) is 11.8 Å². The third-order valence-electron chi connectivity index (χ3n) is 3.84. The molecular weight excluding hydrogens is 234 g/mol. The maximum atomic E-state index is 13.4. The van der Waals surface area contributed by atoms with E-state index in [1.54, 1.807) is 0 Å². The Morgan fingerprint density at radius 3 is 2.56 bits per heavy atom. The molecule has 0 aromatic heterocycles. The van der Waals surface area contributed by atoms with Crippen LogP contribution in [-0.4, -0.2) is 5.78 Å². The van der Waals surface area contributed by atoms with Gasteiger partial charge >= 0.3 is 0 Å². The number of halogens is 2. The Balaban J connectivity index is 2.00. The van der Waals surface area contributed by atoms with Gasteiger partial charge in [-0.3, -0.25) is 4.79 Å². The van der Waals surface area contributed by atoms with Crippen molar-refractivity contribution in [1.29, 1.82) is 0 Å². The average Bonchev–Trinajstić information content (AvgIpc) is 2.34. The van der Waals surface area contributed by atoms with Crippen molar-refractivity contribution in [3.8, 4) is 0 Å². The molecule has 0 unspecified atom stereocenters. The molecule has 1 aliphatic rings. The summed E-state index contributed by atoms with van der Waals surface area (Å²) < 4.78 is 26.5. The molecule has 0 N–H and O–H groups in total. The van der Waals surface area contributed by atoms with Crippen LogP contribution in [0, 0.1) is 23.5 Å². The molecule has 0 radical (unpaired) electrons. The zero-order valence-electron chi connectivity index (χ0n) is 10.6. The van der Waals surface area contributed by atoms with Crippen molar-refractivity contribution in [2.75, 3.05) is 0 Å². The molecule has 1 nitrogen and oxygen atoms in total. The number of benzene rings is 1. The highest BCUT2D eigenvalue weighted by atomic mass is 19.1. The summed E-state index contributed by atoms with van der Waals surface area (Å²) >= 11 is 0. The minimum absolute atomic E-state index is 0.0165. The number of ketones is 1. The minimum Gasteiger partial charge on any atom is -0.299 e. The summed E-state index contributed by atoms with van der Waals surface area (Å²) in [6, 6.07) is 3.28. The van der Waals surface area contributed by atoms with Gasteiger partial charge in [-0.15, -0.1) is 0 Å². The van der Waals surface area contributed by atoms with Gasteiger partial charge in [-0.05, 0) is 42.5 Å². The van der Waals surface area contributed by atoms with Gasteiger partial charge < -0.3 is 0 Å². The van der Waals surface area contributed by atoms with Crippen molar-refractivity contribution in [2.45, 2.75) is 39.0 Å². The Morgan fingerprint density at radius 1 is 1.22 bits per heavy atom. The van der Waals surface area contributed by atoms with Crippen molar-refractivity contribution >= 4 is 5.78 Å². The topological polar surface area (TPSA) is 17.1 Å². The number of rotatable bonds is 3. The van der Waals surface area contributed by atoms with E-state index < -0.39 is 11.6 Å². The molecule has 0 bridgehead atoms. The highest BCUT2D eigenvalue weighted by Gasteiger charge is 2.24. The molecule has 0 spiro atoms. The van der Waals surface area contributed by atoms with Crippen molar-refractivity contribution in [1.82, 2.24) is 0 Å². The lowest BCUT2D eigenvalue weighted by Gasteiger charge is -2.25. The minimum atomic E-state index is -0.492. The molecule has 1 aromatic rings. The van der Waals surface area contributed by atoms with E-state index in [0.29, 0.717) is 5.92 Å². The second kappa shape index (κ2) is 5.59. The first-order valence-corrected chi connectivity index (χ1v) is 6.53. The van der Waals surface area contributed by atoms with Gasteiger partial charge in [0.15, 0.2) is 0 Å². The number of hydrogen-bond acceptors (Lipinski definition) is 1. The third kappa shape index (κ3) is 3.15. The van der Waals surface area contributed by atoms with E-state index in [4.69, 9.17) is 0 Å². The van der Waals surface area contributed by atoms with Crippen LogP contribution in [0.15, 0.2) is 18.2 Å². The normalized spacial score (nSPS) is 23.9. The molecule has 0 amide bonds. The lowest BCUT2D eigenvalue weighted by Crippen LogP contribution is -2.22. The van der Waals surface area contributed by atoms with Crippen LogP contribution in [0.25, 0.3) is 0 Å². The summed E-state index contributed by atoms with van der Waals surface area (Å²) in [7, 11) is 0. The fourth-order valence-corrected chi connectivity index (χ4v) is 2.59. The molecule has 1 saturated carbocycles. The van der Waals surface area contributed by atoms with E-state index in [9.17, 15) is 13.6 Å². The lowest BCUT2D eigenvalue weighted by molar-refractivity contribution is -0.123. The predicted octanol–water partition coefficient (Wildman–Crippen LogP) is 3.90. The van der Waals surface area contributed by atoms with Crippen LogP contribution in [0.3, 0.4) is 0 Å². The standard InChI is InChI=1S/C15H18F2O/c1-10-2-4-11(5-3-10)15(18)9-12-8-13(16)6-7-14(12)17/h6-8,10-11H,2-5,9H2,1H3. The van der Waals surface area contributed by atoms with Gasteiger partial charge in [0.05, 0.1) is 0 Å². The van der Waals surface area contributed by atoms with Gasteiger partial charge in [0.2, 0.25) is 0 Å². The quantitative estimate of drug-likeness (QED) is 0.797. The zero-order chi connectivity index (χ0) is 13.1. The van der Waals surface area contributed by atoms with Crippen LogP contribution in [0.2, 0.25) is 0 Å². The maximum Gasteiger partial charge on any atom is 0.140 e. The second-order valence-electron chi connectivity index (χ2n) is 5.34. The third-order valence-corrected chi connectivity index (χ3v) is 3.84. The van der Waals surface area contributed by atoms with E-state index in [0.717, 1.165) is 43.9 Å². The molecule has 3 heteroatoms. The first kappa shape index (κ1) is 13.2. The molecule has 0 atom stereocenters. The van der Waals surface area contributed by atoms with E-state index in [1.807, 2.05) is 0 Å². The SMILES string of the molecule is CC1CCC(C(=O)Cc2cc(F)ccc2F)CC1. The van der Waals surface area contributed by atoms with Crippen molar-refractivity contribution in [3.05, 3.63) is 35.4 Å². The molecule has 1 aromatic carbocycles. The molecule has 1 aliphatic carbocycles. The molecule has 2 rings (SSSR count). The number of Topliss-reactive ketones (excluding diaryl/α,β-unsaturated/α-hetero) is 1. The summed E-state index contributed by atoms with van der Waals surface area (Å²) in [6.45, 7) is 2.19. The van der Waals surface area contributed by atoms with Gasteiger partial charge in [0.1, 0.15) is 17.4 Å². The molecule has 98 valence electrons. The summed E-state index contributed by atoms with van der Waals surface area (Å²) in [5.41, 5.74) is 0.179. The first-order valence-electron chi connectivity index (χ1n) is 6.53. The van der Waals surface area contributed by atoms with Crippen LogP contribution in [0.4, 0.5) is 8.78 Å². The van der Waals surface area contributed by atoms with Crippen LogP contribution in [-0.2, 0) is 11.2 Å². The highest BCUT2D eigenvalue weighted by molar-refractivity contribution is 5.83. The van der Waals surface area contributed by atoms with E-state index >= 15 is 0 Å². The summed E-state index contributed by atoms with van der Waals surface area (Å²) in [5.74, 6) is -0.222. The van der Waals surface area contributed by atoms with Gasteiger partial charge in [-0.1, -0.05) is 19.8 Å². The Bertz CT molecular complexity index is 434. The maximum absolute atomic E-state index is 13.4. The largest absolute Gasteiger partial charge is 0.299 e. The monoisotopic (exact) mass is 252 g/mol. The first-order chi connectivity index (χ1) is 8.56.